The van der Waals surface area contributed by atoms with Crippen LogP contribution in [-0.2, 0) is 0 Å². The van der Waals surface area contributed by atoms with Crippen LogP contribution in [0.1, 0.15) is 15.9 Å². The second-order valence-corrected chi connectivity index (χ2v) is 6.35. The van der Waals surface area contributed by atoms with Gasteiger partial charge in [-0.05, 0) is 49.4 Å². The van der Waals surface area contributed by atoms with Gasteiger partial charge < -0.3 is 15.5 Å². The Balaban J connectivity index is 1.71. The molecule has 0 spiro atoms. The minimum atomic E-state index is -0.187. The minimum absolute atomic E-state index is 0.187. The van der Waals surface area contributed by atoms with Gasteiger partial charge in [0.1, 0.15) is 0 Å². The molecule has 0 atom stereocenters. The molecule has 3 aromatic rings. The first kappa shape index (κ1) is 17.5. The summed E-state index contributed by atoms with van der Waals surface area (Å²) in [5.74, 6) is -0.187. The van der Waals surface area contributed by atoms with Gasteiger partial charge in [-0.2, -0.15) is 0 Å². The Morgan fingerprint density at radius 2 is 1.54 bits per heavy atom. The Kier molecular flexibility index (Phi) is 5.17. The van der Waals surface area contributed by atoms with E-state index >= 15 is 0 Å². The minimum Gasteiger partial charge on any atom is -0.378 e. The van der Waals surface area contributed by atoms with Gasteiger partial charge >= 0.3 is 0 Å². The lowest BCUT2D eigenvalue weighted by Crippen LogP contribution is -2.12. The van der Waals surface area contributed by atoms with Crippen LogP contribution in [0.4, 0.5) is 22.7 Å². The summed E-state index contributed by atoms with van der Waals surface area (Å²) in [4.78, 5) is 18.7. The number of rotatable bonds is 5. The number of aryl methyl sites for hydroxylation is 1. The molecular weight excluding hydrogens is 324 g/mol. The van der Waals surface area contributed by atoms with Gasteiger partial charge in [0.25, 0.3) is 5.91 Å². The van der Waals surface area contributed by atoms with Crippen LogP contribution in [0, 0.1) is 6.92 Å². The zero-order valence-electron chi connectivity index (χ0n) is 15.2. The Labute approximate surface area is 153 Å². The highest BCUT2D eigenvalue weighted by Gasteiger charge is 2.08. The van der Waals surface area contributed by atoms with Crippen LogP contribution in [0.3, 0.4) is 0 Å². The summed E-state index contributed by atoms with van der Waals surface area (Å²) in [6.07, 6.45) is 3.26. The largest absolute Gasteiger partial charge is 0.378 e. The average Bonchev–Trinajstić information content (AvgIpc) is 2.64. The molecular formula is C21H22N4O. The molecule has 1 heterocycles. The van der Waals surface area contributed by atoms with Crippen molar-refractivity contribution in [3.8, 4) is 0 Å². The first-order valence-corrected chi connectivity index (χ1v) is 8.39. The smallest absolute Gasteiger partial charge is 0.257 e. The van der Waals surface area contributed by atoms with Crippen LogP contribution >= 0.6 is 0 Å². The van der Waals surface area contributed by atoms with Crippen molar-refractivity contribution in [1.82, 2.24) is 4.98 Å². The van der Waals surface area contributed by atoms with Gasteiger partial charge in [-0.3, -0.25) is 9.78 Å². The molecule has 2 N–H and O–H groups in total. The molecule has 3 rings (SSSR count). The fourth-order valence-corrected chi connectivity index (χ4v) is 2.48. The third-order valence-corrected chi connectivity index (χ3v) is 3.98. The van der Waals surface area contributed by atoms with Gasteiger partial charge in [-0.1, -0.05) is 17.7 Å². The molecule has 0 fully saturated rings. The third-order valence-electron chi connectivity index (χ3n) is 3.98. The van der Waals surface area contributed by atoms with Crippen molar-refractivity contribution in [2.75, 3.05) is 29.6 Å². The molecule has 132 valence electrons. The van der Waals surface area contributed by atoms with E-state index in [1.807, 2.05) is 74.4 Å². The van der Waals surface area contributed by atoms with Crippen molar-refractivity contribution in [3.05, 3.63) is 78.1 Å². The van der Waals surface area contributed by atoms with Crippen LogP contribution in [-0.4, -0.2) is 25.0 Å². The maximum Gasteiger partial charge on any atom is 0.257 e. The van der Waals surface area contributed by atoms with Gasteiger partial charge in [0.05, 0.1) is 17.4 Å². The Bertz CT molecular complexity index is 887. The van der Waals surface area contributed by atoms with Crippen LogP contribution in [0.25, 0.3) is 0 Å². The Morgan fingerprint density at radius 1 is 0.885 bits per heavy atom. The highest BCUT2D eigenvalue weighted by molar-refractivity contribution is 6.04. The zero-order valence-corrected chi connectivity index (χ0v) is 15.2. The number of carbonyl (C=O) groups is 1. The lowest BCUT2D eigenvalue weighted by molar-refractivity contribution is 0.102. The molecule has 0 saturated heterocycles. The molecule has 5 nitrogen and oxygen atoms in total. The number of pyridine rings is 1. The zero-order chi connectivity index (χ0) is 18.5. The third kappa shape index (κ3) is 4.39. The second kappa shape index (κ2) is 7.70. The SMILES string of the molecule is Cc1ccc(NC(=O)c2cncc(Nc3ccc(N(C)C)cc3)c2)cc1. The number of amides is 1. The topological polar surface area (TPSA) is 57.3 Å². The average molecular weight is 346 g/mol. The summed E-state index contributed by atoms with van der Waals surface area (Å²) < 4.78 is 0. The summed E-state index contributed by atoms with van der Waals surface area (Å²) in [5.41, 5.74) is 5.24. The number of nitrogens with one attached hydrogen (secondary N) is 2. The first-order chi connectivity index (χ1) is 12.5. The van der Waals surface area contributed by atoms with E-state index in [2.05, 4.69) is 15.6 Å². The van der Waals surface area contributed by atoms with Crippen molar-refractivity contribution in [2.45, 2.75) is 6.92 Å². The van der Waals surface area contributed by atoms with Crippen LogP contribution < -0.4 is 15.5 Å². The number of carbonyl (C=O) groups excluding carboxylic acids is 1. The van der Waals surface area contributed by atoms with E-state index in [4.69, 9.17) is 0 Å². The molecule has 0 unspecified atom stereocenters. The predicted molar refractivity (Wildman–Crippen MR) is 107 cm³/mol. The van der Waals surface area contributed by atoms with Crippen molar-refractivity contribution < 1.29 is 4.79 Å². The highest BCUT2D eigenvalue weighted by atomic mass is 16.1. The van der Waals surface area contributed by atoms with Crippen LogP contribution in [0.5, 0.6) is 0 Å². The monoisotopic (exact) mass is 346 g/mol. The first-order valence-electron chi connectivity index (χ1n) is 8.39. The fourth-order valence-electron chi connectivity index (χ4n) is 2.48. The lowest BCUT2D eigenvalue weighted by Gasteiger charge is -2.13. The molecule has 26 heavy (non-hydrogen) atoms. The number of aromatic nitrogens is 1. The quantitative estimate of drug-likeness (QED) is 0.716. The van der Waals surface area contributed by atoms with Gasteiger partial charge in [0.2, 0.25) is 0 Å². The van der Waals surface area contributed by atoms with Gasteiger partial charge in [0, 0.05) is 37.4 Å². The number of hydrogen-bond acceptors (Lipinski definition) is 4. The molecule has 0 aliphatic carbocycles. The van der Waals surface area contributed by atoms with Gasteiger partial charge in [-0.25, -0.2) is 0 Å². The number of anilines is 4. The van der Waals surface area contributed by atoms with E-state index in [1.165, 1.54) is 0 Å². The van der Waals surface area contributed by atoms with E-state index in [1.54, 1.807) is 18.5 Å². The number of hydrogen-bond donors (Lipinski definition) is 2. The van der Waals surface area contributed by atoms with Crippen LogP contribution in [0.2, 0.25) is 0 Å². The van der Waals surface area contributed by atoms with Crippen LogP contribution in [0.15, 0.2) is 67.0 Å². The summed E-state index contributed by atoms with van der Waals surface area (Å²) in [7, 11) is 4.00. The van der Waals surface area contributed by atoms with E-state index in [-0.39, 0.29) is 5.91 Å². The highest BCUT2D eigenvalue weighted by Crippen LogP contribution is 2.20. The van der Waals surface area contributed by atoms with Crippen molar-refractivity contribution in [3.63, 3.8) is 0 Å². The molecule has 2 aromatic carbocycles. The summed E-state index contributed by atoms with van der Waals surface area (Å²) >= 11 is 0. The fraction of sp³-hybridized carbons (Fsp3) is 0.143. The Hall–Kier alpha value is -3.34. The summed E-state index contributed by atoms with van der Waals surface area (Å²) in [6.45, 7) is 2.01. The van der Waals surface area contributed by atoms with Crippen molar-refractivity contribution >= 4 is 28.7 Å². The van der Waals surface area contributed by atoms with E-state index < -0.39 is 0 Å². The van der Waals surface area contributed by atoms with E-state index in [0.29, 0.717) is 5.56 Å². The normalized spacial score (nSPS) is 10.3. The molecule has 0 aliphatic rings. The maximum atomic E-state index is 12.4. The molecule has 0 radical (unpaired) electrons. The Morgan fingerprint density at radius 3 is 2.19 bits per heavy atom. The predicted octanol–water partition coefficient (Wildman–Crippen LogP) is 4.45. The van der Waals surface area contributed by atoms with Gasteiger partial charge in [0.15, 0.2) is 0 Å². The van der Waals surface area contributed by atoms with E-state index in [9.17, 15) is 4.79 Å². The molecule has 0 bridgehead atoms. The molecule has 5 heteroatoms. The van der Waals surface area contributed by atoms with Gasteiger partial charge in [-0.15, -0.1) is 0 Å². The molecule has 0 aliphatic heterocycles. The lowest BCUT2D eigenvalue weighted by atomic mass is 10.2. The molecule has 0 saturated carbocycles. The van der Waals surface area contributed by atoms with Crippen molar-refractivity contribution in [2.24, 2.45) is 0 Å². The maximum absolute atomic E-state index is 12.4. The molecule has 1 aromatic heterocycles. The second-order valence-electron chi connectivity index (χ2n) is 6.35. The summed E-state index contributed by atoms with van der Waals surface area (Å²) in [5, 5.41) is 6.16. The van der Waals surface area contributed by atoms with Crippen molar-refractivity contribution in [1.29, 1.82) is 0 Å². The number of nitrogens with zero attached hydrogens (tertiary/aromatic N) is 2. The van der Waals surface area contributed by atoms with E-state index in [0.717, 1.165) is 28.3 Å². The summed E-state index contributed by atoms with van der Waals surface area (Å²) in [6, 6.07) is 17.5. The molecule has 1 amide bonds. The number of benzene rings is 2. The standard InChI is InChI=1S/C21H22N4O/c1-15-4-6-18(7-5-15)24-21(26)16-12-19(14-22-13-16)23-17-8-10-20(11-9-17)25(2)3/h4-14,23H,1-3H3,(H,24,26).